The van der Waals surface area contributed by atoms with Gasteiger partial charge in [-0.2, -0.15) is 0 Å². The number of aryl methyl sites for hydroxylation is 1. The van der Waals surface area contributed by atoms with Crippen molar-refractivity contribution < 1.29 is 4.79 Å². The average molecular weight is 516 g/mol. The topological polar surface area (TPSA) is 94.6 Å². The van der Waals surface area contributed by atoms with E-state index in [4.69, 9.17) is 16.1 Å². The van der Waals surface area contributed by atoms with Gasteiger partial charge in [-0.25, -0.2) is 0 Å². The monoisotopic (exact) mass is 515 g/mol. The number of hydrogen-bond donors (Lipinski definition) is 3. The Morgan fingerprint density at radius 3 is 2.55 bits per heavy atom. The molecule has 0 bridgehead atoms. The second-order valence-electron chi connectivity index (χ2n) is 10.0. The second-order valence-corrected chi connectivity index (χ2v) is 10.0. The van der Waals surface area contributed by atoms with Crippen LogP contribution in [0.2, 0.25) is 0 Å². The van der Waals surface area contributed by atoms with Crippen molar-refractivity contribution >= 4 is 29.6 Å². The van der Waals surface area contributed by atoms with Gasteiger partial charge in [0.05, 0.1) is 11.3 Å². The summed E-state index contributed by atoms with van der Waals surface area (Å²) in [6, 6.07) is 3.96. The second kappa shape index (κ2) is 14.6. The highest BCUT2D eigenvalue weighted by atomic mass is 16.2. The minimum Gasteiger partial charge on any atom is -0.398 e. The van der Waals surface area contributed by atoms with Gasteiger partial charge in [-0.15, -0.1) is 0 Å². The Morgan fingerprint density at radius 2 is 1.89 bits per heavy atom. The number of carbonyl (C=O) groups excluding carboxylic acids is 1. The van der Waals surface area contributed by atoms with Gasteiger partial charge in [-0.1, -0.05) is 44.6 Å². The van der Waals surface area contributed by atoms with Crippen LogP contribution in [0.15, 0.2) is 57.8 Å². The third-order valence-corrected chi connectivity index (χ3v) is 7.34. The molecule has 1 saturated heterocycles. The molecule has 0 saturated carbocycles. The molecular formula is C32H45N5O. The minimum absolute atomic E-state index is 0.0382. The van der Waals surface area contributed by atoms with Crippen molar-refractivity contribution in [3.63, 3.8) is 0 Å². The van der Waals surface area contributed by atoms with Gasteiger partial charge in [0.1, 0.15) is 0 Å². The van der Waals surface area contributed by atoms with E-state index in [1.807, 2.05) is 24.0 Å². The van der Waals surface area contributed by atoms with Gasteiger partial charge in [0.25, 0.3) is 5.91 Å². The Balaban J connectivity index is 2.10. The zero-order valence-electron chi connectivity index (χ0n) is 23.7. The van der Waals surface area contributed by atoms with Crippen LogP contribution in [-0.4, -0.2) is 49.4 Å². The standard InChI is InChI=1S/C32H45N5O/c1-5-8-12-26(25-13-9-10-14-27(25)31-23(4)15-16-29(34)28(31)21-33)30(11-6-2)36-22-24(7-3)32(38)37-19-17-35-18-20-37/h7,11-12,15-16,21-22,33,35H,5-6,8-10,13-14,17-20,34H2,1-4H3/b24-7+,26-12-,30-11+,33-21?,36-22-. The maximum atomic E-state index is 13.2. The highest BCUT2D eigenvalue weighted by Gasteiger charge is 2.24. The van der Waals surface area contributed by atoms with Crippen LogP contribution in [-0.2, 0) is 4.79 Å². The third-order valence-electron chi connectivity index (χ3n) is 7.34. The van der Waals surface area contributed by atoms with E-state index in [0.29, 0.717) is 24.4 Å². The van der Waals surface area contributed by atoms with Crippen LogP contribution in [0.4, 0.5) is 5.69 Å². The normalized spacial score (nSPS) is 17.9. The van der Waals surface area contributed by atoms with Gasteiger partial charge < -0.3 is 21.4 Å². The highest BCUT2D eigenvalue weighted by Crippen LogP contribution is 2.42. The zero-order valence-corrected chi connectivity index (χ0v) is 23.7. The molecule has 204 valence electrons. The Bertz CT molecular complexity index is 1160. The van der Waals surface area contributed by atoms with Gasteiger partial charge in [-0.3, -0.25) is 9.79 Å². The molecule has 4 N–H and O–H groups in total. The van der Waals surface area contributed by atoms with Crippen molar-refractivity contribution in [2.75, 3.05) is 31.9 Å². The number of benzene rings is 1. The van der Waals surface area contributed by atoms with Crippen molar-refractivity contribution in [3.05, 3.63) is 69.5 Å². The lowest BCUT2D eigenvalue weighted by atomic mass is 9.79. The van der Waals surface area contributed by atoms with E-state index >= 15 is 0 Å². The van der Waals surface area contributed by atoms with Crippen LogP contribution in [0.25, 0.3) is 5.57 Å². The Labute approximate surface area is 229 Å². The number of anilines is 1. The fraction of sp³-hybridized carbons (Fsp3) is 0.469. The summed E-state index contributed by atoms with van der Waals surface area (Å²) in [7, 11) is 0. The summed E-state index contributed by atoms with van der Waals surface area (Å²) in [5.41, 5.74) is 15.3. The Hall–Kier alpha value is -3.25. The lowest BCUT2D eigenvalue weighted by Gasteiger charge is -2.28. The Kier molecular flexibility index (Phi) is 11.3. The van der Waals surface area contributed by atoms with E-state index in [1.54, 1.807) is 6.21 Å². The van der Waals surface area contributed by atoms with Crippen molar-refractivity contribution in [2.45, 2.75) is 72.6 Å². The largest absolute Gasteiger partial charge is 0.398 e. The van der Waals surface area contributed by atoms with E-state index in [2.05, 4.69) is 44.3 Å². The summed E-state index contributed by atoms with van der Waals surface area (Å²) in [4.78, 5) is 20.1. The fourth-order valence-corrected chi connectivity index (χ4v) is 5.32. The lowest BCUT2D eigenvalue weighted by Crippen LogP contribution is -2.47. The van der Waals surface area contributed by atoms with Crippen LogP contribution in [0.5, 0.6) is 0 Å². The Morgan fingerprint density at radius 1 is 1.16 bits per heavy atom. The van der Waals surface area contributed by atoms with Crippen molar-refractivity contribution in [2.24, 2.45) is 4.99 Å². The predicted molar refractivity (Wildman–Crippen MR) is 162 cm³/mol. The molecule has 1 aromatic carbocycles. The summed E-state index contributed by atoms with van der Waals surface area (Å²) < 4.78 is 0. The number of nitrogens with two attached hydrogens (primary N) is 1. The first-order chi connectivity index (χ1) is 18.5. The molecule has 0 radical (unpaired) electrons. The lowest BCUT2D eigenvalue weighted by molar-refractivity contribution is -0.127. The maximum Gasteiger partial charge on any atom is 0.255 e. The molecule has 1 aliphatic carbocycles. The smallest absolute Gasteiger partial charge is 0.255 e. The van der Waals surface area contributed by atoms with Crippen LogP contribution >= 0.6 is 0 Å². The quantitative estimate of drug-likeness (QED) is 0.146. The summed E-state index contributed by atoms with van der Waals surface area (Å²) in [5.74, 6) is 0.0382. The highest BCUT2D eigenvalue weighted by molar-refractivity contribution is 6.12. The van der Waals surface area contributed by atoms with Crippen LogP contribution < -0.4 is 11.1 Å². The molecule has 0 aromatic heterocycles. The molecule has 3 rings (SSSR count). The molecule has 1 heterocycles. The fourth-order valence-electron chi connectivity index (χ4n) is 5.32. The van der Waals surface area contributed by atoms with Crippen LogP contribution in [0.3, 0.4) is 0 Å². The number of amides is 1. The van der Waals surface area contributed by atoms with Crippen molar-refractivity contribution in [1.29, 1.82) is 5.41 Å². The molecule has 6 nitrogen and oxygen atoms in total. The molecule has 0 atom stereocenters. The summed E-state index contributed by atoms with van der Waals surface area (Å²) in [5, 5.41) is 11.4. The predicted octanol–water partition coefficient (Wildman–Crippen LogP) is 6.37. The molecular weight excluding hydrogens is 470 g/mol. The number of carbonyl (C=O) groups is 1. The summed E-state index contributed by atoms with van der Waals surface area (Å²) in [6.45, 7) is 11.4. The van der Waals surface area contributed by atoms with E-state index < -0.39 is 0 Å². The zero-order chi connectivity index (χ0) is 27.5. The average Bonchev–Trinajstić information content (AvgIpc) is 2.95. The molecule has 0 spiro atoms. The third kappa shape index (κ3) is 6.98. The SMILES string of the molecule is C\C=C(/C=N\C(=C\CC)C(=C/CCC)\C1=C(c2c(C)ccc(N)c2C=N)CCCC1)C(=O)N1CCNCC1. The summed E-state index contributed by atoms with van der Waals surface area (Å²) in [6.07, 6.45) is 16.5. The number of unbranched alkanes of at least 4 members (excludes halogenated alkanes) is 1. The van der Waals surface area contributed by atoms with E-state index in [-0.39, 0.29) is 5.91 Å². The van der Waals surface area contributed by atoms with E-state index in [1.165, 1.54) is 17.4 Å². The number of rotatable bonds is 10. The molecule has 1 fully saturated rings. The molecule has 38 heavy (non-hydrogen) atoms. The molecule has 1 aromatic rings. The van der Waals surface area contributed by atoms with E-state index in [9.17, 15) is 4.79 Å². The van der Waals surface area contributed by atoms with Crippen LogP contribution in [0.1, 0.15) is 82.4 Å². The van der Waals surface area contributed by atoms with Gasteiger partial charge in [-0.05, 0) is 86.3 Å². The van der Waals surface area contributed by atoms with Gasteiger partial charge in [0, 0.05) is 49.9 Å². The van der Waals surface area contributed by atoms with Crippen LogP contribution in [0, 0.1) is 12.3 Å². The first kappa shape index (κ1) is 29.3. The van der Waals surface area contributed by atoms with Gasteiger partial charge >= 0.3 is 0 Å². The number of nitrogen functional groups attached to an aromatic ring is 1. The number of aliphatic imine (C=N–C) groups is 1. The number of piperazine rings is 1. The molecule has 2 aliphatic rings. The number of nitrogens with zero attached hydrogens (tertiary/aromatic N) is 2. The maximum absolute atomic E-state index is 13.2. The molecule has 0 unspecified atom stereocenters. The van der Waals surface area contributed by atoms with Crippen molar-refractivity contribution in [3.8, 4) is 0 Å². The first-order valence-electron chi connectivity index (χ1n) is 14.2. The van der Waals surface area contributed by atoms with E-state index in [0.717, 1.165) is 86.0 Å². The number of allylic oxidation sites excluding steroid dienone is 5. The molecule has 6 heteroatoms. The number of hydrogen-bond acceptors (Lipinski definition) is 5. The first-order valence-corrected chi connectivity index (χ1v) is 14.2. The molecule has 1 aliphatic heterocycles. The summed E-state index contributed by atoms with van der Waals surface area (Å²) >= 11 is 0. The van der Waals surface area contributed by atoms with Crippen molar-refractivity contribution in [1.82, 2.24) is 10.2 Å². The van der Waals surface area contributed by atoms with Gasteiger partial charge in [0.15, 0.2) is 0 Å². The number of nitrogens with one attached hydrogen (secondary N) is 2. The minimum atomic E-state index is 0.0382. The van der Waals surface area contributed by atoms with Gasteiger partial charge in [0.2, 0.25) is 0 Å². The molecule has 1 amide bonds.